The molecule has 4 aromatic rings. The molecule has 0 radical (unpaired) electrons. The molecule has 2 N–H and O–H groups in total. The predicted molar refractivity (Wildman–Crippen MR) is 140 cm³/mol. The summed E-state index contributed by atoms with van der Waals surface area (Å²) in [6, 6.07) is 19.6. The smallest absolute Gasteiger partial charge is 0.246 e. The van der Waals surface area contributed by atoms with E-state index in [0.717, 1.165) is 10.4 Å². The van der Waals surface area contributed by atoms with Crippen molar-refractivity contribution in [2.75, 3.05) is 5.32 Å². The number of nitrogens with one attached hydrogen (secondary N) is 2. The van der Waals surface area contributed by atoms with Crippen LogP contribution in [0.2, 0.25) is 0 Å². The molecule has 0 bridgehead atoms. The minimum atomic E-state index is -4.09. The van der Waals surface area contributed by atoms with Crippen LogP contribution in [-0.4, -0.2) is 25.1 Å². The Balaban J connectivity index is 1.47. The van der Waals surface area contributed by atoms with Gasteiger partial charge < -0.3 is 14.6 Å². The standard InChI is InChI=1S/C27H25N3O5S2/c31-25-13-10-20-16-23(11-12-24(20)28-25)37(33,34)29-26(19-6-2-1-3-7-19)27(32)30(17-21-8-4-14-35-21)18-22-9-5-15-36-22/h1-9,11-12,14-16,26,29H,10,13,17-18H2,(H,28,31). The number of aryl methyl sites for hydroxylation is 1. The summed E-state index contributed by atoms with van der Waals surface area (Å²) in [5.74, 6) is 0.0967. The normalized spacial score (nSPS) is 14.0. The Morgan fingerprint density at radius 3 is 2.59 bits per heavy atom. The summed E-state index contributed by atoms with van der Waals surface area (Å²) in [6.45, 7) is 0.494. The maximum atomic E-state index is 14.0. The number of amides is 2. The molecule has 5 rings (SSSR count). The Kier molecular flexibility index (Phi) is 7.22. The number of hydrogen-bond donors (Lipinski definition) is 2. The molecule has 10 heteroatoms. The van der Waals surface area contributed by atoms with Crippen LogP contribution >= 0.6 is 11.3 Å². The van der Waals surface area contributed by atoms with Crippen LogP contribution < -0.4 is 10.0 Å². The largest absolute Gasteiger partial charge is 0.467 e. The maximum absolute atomic E-state index is 14.0. The van der Waals surface area contributed by atoms with Crippen LogP contribution in [0.15, 0.2) is 93.8 Å². The van der Waals surface area contributed by atoms with Crippen molar-refractivity contribution in [2.24, 2.45) is 0 Å². The van der Waals surface area contributed by atoms with Gasteiger partial charge in [0.1, 0.15) is 11.8 Å². The number of benzene rings is 2. The number of sulfonamides is 1. The summed E-state index contributed by atoms with van der Waals surface area (Å²) in [5, 5.41) is 4.69. The highest BCUT2D eigenvalue weighted by molar-refractivity contribution is 7.89. The zero-order valence-corrected chi connectivity index (χ0v) is 21.4. The van der Waals surface area contributed by atoms with Gasteiger partial charge in [-0.25, -0.2) is 8.42 Å². The topological polar surface area (TPSA) is 109 Å². The molecule has 1 aliphatic heterocycles. The summed E-state index contributed by atoms with van der Waals surface area (Å²) < 4.78 is 35.2. The van der Waals surface area contributed by atoms with E-state index in [1.807, 2.05) is 23.6 Å². The molecule has 0 spiro atoms. The van der Waals surface area contributed by atoms with E-state index >= 15 is 0 Å². The second-order valence-corrected chi connectivity index (χ2v) is 11.4. The van der Waals surface area contributed by atoms with Crippen molar-refractivity contribution in [3.63, 3.8) is 0 Å². The Labute approximate surface area is 219 Å². The first-order valence-electron chi connectivity index (χ1n) is 11.7. The van der Waals surface area contributed by atoms with Gasteiger partial charge in [0.15, 0.2) is 0 Å². The first-order valence-corrected chi connectivity index (χ1v) is 14.1. The first-order chi connectivity index (χ1) is 17.9. The monoisotopic (exact) mass is 535 g/mol. The van der Waals surface area contributed by atoms with E-state index in [0.29, 0.717) is 36.4 Å². The lowest BCUT2D eigenvalue weighted by molar-refractivity contribution is -0.134. The molecular formula is C27H25N3O5S2. The summed E-state index contributed by atoms with van der Waals surface area (Å²) in [5.41, 5.74) is 1.87. The number of fused-ring (bicyclic) bond motifs is 1. The lowest BCUT2D eigenvalue weighted by atomic mass is 10.0. The number of thiophene rings is 1. The van der Waals surface area contributed by atoms with Crippen LogP contribution in [0.25, 0.3) is 0 Å². The number of furan rings is 1. The third-order valence-electron chi connectivity index (χ3n) is 6.10. The molecule has 1 aliphatic rings. The van der Waals surface area contributed by atoms with Crippen molar-refractivity contribution >= 4 is 38.9 Å². The van der Waals surface area contributed by atoms with Gasteiger partial charge >= 0.3 is 0 Å². The van der Waals surface area contributed by atoms with E-state index in [4.69, 9.17) is 4.42 Å². The van der Waals surface area contributed by atoms with Gasteiger partial charge in [-0.1, -0.05) is 36.4 Å². The quantitative estimate of drug-likeness (QED) is 0.329. The molecule has 0 fully saturated rings. The molecule has 2 aromatic carbocycles. The van der Waals surface area contributed by atoms with Gasteiger partial charge in [0, 0.05) is 17.0 Å². The highest BCUT2D eigenvalue weighted by Gasteiger charge is 2.32. The van der Waals surface area contributed by atoms with Gasteiger partial charge in [-0.05, 0) is 59.3 Å². The number of carbonyl (C=O) groups is 2. The van der Waals surface area contributed by atoms with Crippen LogP contribution in [0.1, 0.15) is 34.2 Å². The van der Waals surface area contributed by atoms with E-state index in [1.165, 1.54) is 17.4 Å². The number of hydrogen-bond acceptors (Lipinski definition) is 6. The number of nitrogens with zero attached hydrogens (tertiary/aromatic N) is 1. The molecule has 2 aromatic heterocycles. The first kappa shape index (κ1) is 24.9. The predicted octanol–water partition coefficient (Wildman–Crippen LogP) is 4.47. The summed E-state index contributed by atoms with van der Waals surface area (Å²) in [4.78, 5) is 28.3. The highest BCUT2D eigenvalue weighted by Crippen LogP contribution is 2.28. The van der Waals surface area contributed by atoms with Crippen LogP contribution in [0.3, 0.4) is 0 Å². The van der Waals surface area contributed by atoms with Gasteiger partial charge in [0.2, 0.25) is 21.8 Å². The van der Waals surface area contributed by atoms with Gasteiger partial charge in [-0.2, -0.15) is 4.72 Å². The molecule has 190 valence electrons. The van der Waals surface area contributed by atoms with E-state index in [-0.39, 0.29) is 17.3 Å². The average Bonchev–Trinajstić information content (AvgIpc) is 3.61. The van der Waals surface area contributed by atoms with Gasteiger partial charge in [0.05, 0.1) is 24.2 Å². The van der Waals surface area contributed by atoms with Crippen LogP contribution in [-0.2, 0) is 39.1 Å². The lowest BCUT2D eigenvalue weighted by Crippen LogP contribution is -2.42. The second-order valence-electron chi connectivity index (χ2n) is 8.69. The highest BCUT2D eigenvalue weighted by atomic mass is 32.2. The Morgan fingerprint density at radius 1 is 1.03 bits per heavy atom. The number of carbonyl (C=O) groups excluding carboxylic acids is 2. The van der Waals surface area contributed by atoms with E-state index in [9.17, 15) is 18.0 Å². The van der Waals surface area contributed by atoms with Crippen molar-refractivity contribution in [1.29, 1.82) is 0 Å². The number of rotatable bonds is 9. The van der Waals surface area contributed by atoms with Crippen molar-refractivity contribution in [2.45, 2.75) is 36.9 Å². The minimum Gasteiger partial charge on any atom is -0.467 e. The zero-order chi connectivity index (χ0) is 25.8. The fraction of sp³-hybridized carbons (Fsp3) is 0.185. The molecule has 3 heterocycles. The average molecular weight is 536 g/mol. The fourth-order valence-electron chi connectivity index (χ4n) is 4.23. The second kappa shape index (κ2) is 10.7. The molecule has 8 nitrogen and oxygen atoms in total. The van der Waals surface area contributed by atoms with E-state index < -0.39 is 22.0 Å². The SMILES string of the molecule is O=C1CCc2cc(S(=O)(=O)NC(C(=O)N(Cc3ccco3)Cc3cccs3)c3ccccc3)ccc2N1. The van der Waals surface area contributed by atoms with Crippen molar-refractivity contribution in [1.82, 2.24) is 9.62 Å². The summed E-state index contributed by atoms with van der Waals surface area (Å²) >= 11 is 1.52. The van der Waals surface area contributed by atoms with Gasteiger partial charge in [-0.15, -0.1) is 11.3 Å². The van der Waals surface area contributed by atoms with Gasteiger partial charge in [0.25, 0.3) is 0 Å². The summed E-state index contributed by atoms with van der Waals surface area (Å²) in [6.07, 6.45) is 2.28. The molecule has 1 unspecified atom stereocenters. The maximum Gasteiger partial charge on any atom is 0.246 e. The van der Waals surface area contributed by atoms with Crippen LogP contribution in [0.5, 0.6) is 0 Å². The number of anilines is 1. The lowest BCUT2D eigenvalue weighted by Gasteiger charge is -2.27. The van der Waals surface area contributed by atoms with E-state index in [1.54, 1.807) is 59.7 Å². The molecule has 2 amide bonds. The molecule has 0 saturated carbocycles. The Hall–Kier alpha value is -3.73. The van der Waals surface area contributed by atoms with Crippen molar-refractivity contribution in [3.05, 3.63) is 106 Å². The molecule has 0 aliphatic carbocycles. The summed E-state index contributed by atoms with van der Waals surface area (Å²) in [7, 11) is -4.09. The Morgan fingerprint density at radius 2 is 1.86 bits per heavy atom. The van der Waals surface area contributed by atoms with Crippen molar-refractivity contribution in [3.8, 4) is 0 Å². The van der Waals surface area contributed by atoms with Crippen LogP contribution in [0.4, 0.5) is 5.69 Å². The third kappa shape index (κ3) is 5.82. The molecule has 0 saturated heterocycles. The van der Waals surface area contributed by atoms with Gasteiger partial charge in [-0.3, -0.25) is 9.59 Å². The third-order valence-corrected chi connectivity index (χ3v) is 8.38. The zero-order valence-electron chi connectivity index (χ0n) is 19.8. The van der Waals surface area contributed by atoms with E-state index in [2.05, 4.69) is 10.0 Å². The molecule has 1 atom stereocenters. The van der Waals surface area contributed by atoms with Crippen molar-refractivity contribution < 1.29 is 22.4 Å². The Bertz CT molecular complexity index is 1450. The molecular weight excluding hydrogens is 510 g/mol. The fourth-order valence-corrected chi connectivity index (χ4v) is 6.18. The minimum absolute atomic E-state index is 0.0342. The van der Waals surface area contributed by atoms with Crippen LogP contribution in [0, 0.1) is 0 Å². The molecule has 37 heavy (non-hydrogen) atoms.